The van der Waals surface area contributed by atoms with Crippen LogP contribution in [-0.4, -0.2) is 43.0 Å². The predicted molar refractivity (Wildman–Crippen MR) is 141 cm³/mol. The summed E-state index contributed by atoms with van der Waals surface area (Å²) in [4.78, 5) is 39.4. The van der Waals surface area contributed by atoms with Crippen molar-refractivity contribution < 1.29 is 28.6 Å². The van der Waals surface area contributed by atoms with E-state index in [9.17, 15) is 14.4 Å². The first-order valence-electron chi connectivity index (χ1n) is 11.8. The van der Waals surface area contributed by atoms with Crippen LogP contribution in [0.5, 0.6) is 11.5 Å². The summed E-state index contributed by atoms with van der Waals surface area (Å²) in [5.41, 5.74) is 3.92. The number of nitrogens with zero attached hydrogens (tertiary/aromatic N) is 1. The molecule has 1 unspecified atom stereocenters. The van der Waals surface area contributed by atoms with E-state index in [-0.39, 0.29) is 35.4 Å². The Morgan fingerprint density at radius 2 is 1.54 bits per heavy atom. The summed E-state index contributed by atoms with van der Waals surface area (Å²) in [6.07, 6.45) is 0.518. The fraction of sp³-hybridized carbons (Fsp3) is 0.276. The fourth-order valence-corrected chi connectivity index (χ4v) is 4.75. The van der Waals surface area contributed by atoms with Crippen molar-refractivity contribution in [1.82, 2.24) is 4.90 Å². The molecule has 0 radical (unpaired) electrons. The van der Waals surface area contributed by atoms with E-state index in [1.165, 1.54) is 26.5 Å². The van der Waals surface area contributed by atoms with Crippen LogP contribution in [0, 0.1) is 0 Å². The zero-order valence-electron chi connectivity index (χ0n) is 21.1. The number of esters is 3. The van der Waals surface area contributed by atoms with Crippen molar-refractivity contribution in [3.63, 3.8) is 0 Å². The number of rotatable bonds is 6. The summed E-state index contributed by atoms with van der Waals surface area (Å²) < 4.78 is 16.0. The van der Waals surface area contributed by atoms with Crippen molar-refractivity contribution in [2.45, 2.75) is 32.7 Å². The average molecular weight is 524 g/mol. The van der Waals surface area contributed by atoms with Gasteiger partial charge in [-0.2, -0.15) is 0 Å². The van der Waals surface area contributed by atoms with Gasteiger partial charge in [-0.1, -0.05) is 60.7 Å². The van der Waals surface area contributed by atoms with Crippen molar-refractivity contribution in [3.05, 3.63) is 94.5 Å². The number of carbonyl (C=O) groups excluding carboxylic acids is 3. The highest BCUT2D eigenvalue weighted by Crippen LogP contribution is 2.43. The van der Waals surface area contributed by atoms with E-state index in [2.05, 4.69) is 17.0 Å². The monoisotopic (exact) mass is 523 g/mol. The van der Waals surface area contributed by atoms with Crippen LogP contribution >= 0.6 is 12.4 Å². The van der Waals surface area contributed by atoms with Gasteiger partial charge in [-0.15, -0.1) is 12.4 Å². The molecule has 0 amide bonds. The second kappa shape index (κ2) is 12.5. The van der Waals surface area contributed by atoms with Crippen molar-refractivity contribution >= 4 is 30.3 Å². The number of ether oxygens (including phenoxy) is 3. The number of methoxy groups -OCH3 is 1. The first kappa shape index (κ1) is 27.9. The van der Waals surface area contributed by atoms with Gasteiger partial charge >= 0.3 is 17.9 Å². The van der Waals surface area contributed by atoms with Crippen LogP contribution in [0.1, 0.15) is 52.4 Å². The lowest BCUT2D eigenvalue weighted by molar-refractivity contribution is -0.134. The Morgan fingerprint density at radius 1 is 0.919 bits per heavy atom. The minimum absolute atomic E-state index is 0. The summed E-state index contributed by atoms with van der Waals surface area (Å²) in [5.74, 6) is -2.07. The summed E-state index contributed by atoms with van der Waals surface area (Å²) in [6, 6.07) is 21.9. The third-order valence-electron chi connectivity index (χ3n) is 6.22. The van der Waals surface area contributed by atoms with Crippen molar-refractivity contribution in [3.8, 4) is 11.5 Å². The highest BCUT2D eigenvalue weighted by Gasteiger charge is 2.33. The molecule has 8 heteroatoms. The van der Waals surface area contributed by atoms with Crippen molar-refractivity contribution in [1.29, 1.82) is 0 Å². The maximum atomic E-state index is 13.1. The van der Waals surface area contributed by atoms with Crippen LogP contribution < -0.4 is 9.47 Å². The number of fused-ring (bicyclic) bond motifs is 1. The van der Waals surface area contributed by atoms with E-state index in [1.807, 2.05) is 48.5 Å². The third-order valence-corrected chi connectivity index (χ3v) is 6.22. The Hall–Kier alpha value is -3.68. The SMILES string of the molecule is COC(=O)c1c2c(cc(OC(C)=O)c1OC(C)=O)C(c1ccccc1)CN(Cc1ccccc1)CC2.Cl. The molecule has 7 nitrogen and oxygen atoms in total. The number of halogens is 1. The van der Waals surface area contributed by atoms with Crippen LogP contribution in [0.3, 0.4) is 0 Å². The molecule has 3 aromatic carbocycles. The molecule has 1 atom stereocenters. The highest BCUT2D eigenvalue weighted by molar-refractivity contribution is 5.97. The van der Waals surface area contributed by atoms with Gasteiger partial charge in [-0.25, -0.2) is 4.79 Å². The van der Waals surface area contributed by atoms with Gasteiger partial charge in [-0.05, 0) is 34.7 Å². The molecular formula is C29H30ClNO6. The number of carbonyl (C=O) groups is 3. The smallest absolute Gasteiger partial charge is 0.342 e. The fourth-order valence-electron chi connectivity index (χ4n) is 4.75. The molecule has 0 aromatic heterocycles. The van der Waals surface area contributed by atoms with E-state index in [0.29, 0.717) is 19.5 Å². The maximum absolute atomic E-state index is 13.1. The second-order valence-electron chi connectivity index (χ2n) is 8.76. The summed E-state index contributed by atoms with van der Waals surface area (Å²) in [6.45, 7) is 4.58. The van der Waals surface area contributed by atoms with Gasteiger partial charge in [0.05, 0.1) is 7.11 Å². The standard InChI is InChI=1S/C29H29NO6.ClH/c1-19(31)35-26-16-24-23(27(29(33)34-3)28(26)36-20(2)32)14-15-30(17-21-10-6-4-7-11-21)18-25(24)22-12-8-5-9-13-22;/h4-13,16,25H,14-15,17-18H2,1-3H3;1H. The first-order chi connectivity index (χ1) is 17.4. The van der Waals surface area contributed by atoms with Crippen LogP contribution in [0.4, 0.5) is 0 Å². The molecule has 1 aliphatic rings. The van der Waals surface area contributed by atoms with Gasteiger partial charge in [0.25, 0.3) is 0 Å². The van der Waals surface area contributed by atoms with Crippen LogP contribution in [0.25, 0.3) is 0 Å². The second-order valence-corrected chi connectivity index (χ2v) is 8.76. The molecule has 194 valence electrons. The molecule has 0 aliphatic carbocycles. The Bertz CT molecular complexity index is 1260. The lowest BCUT2D eigenvalue weighted by atomic mass is 9.85. The summed E-state index contributed by atoms with van der Waals surface area (Å²) in [7, 11) is 1.28. The molecule has 0 saturated heterocycles. The molecule has 3 aromatic rings. The normalized spacial score (nSPS) is 14.9. The molecule has 1 heterocycles. The third kappa shape index (κ3) is 6.56. The number of benzene rings is 3. The molecule has 4 rings (SSSR count). The van der Waals surface area contributed by atoms with Crippen molar-refractivity contribution in [2.75, 3.05) is 20.2 Å². The topological polar surface area (TPSA) is 82.1 Å². The molecule has 0 saturated carbocycles. The van der Waals surface area contributed by atoms with Gasteiger partial charge in [0.1, 0.15) is 5.56 Å². The van der Waals surface area contributed by atoms with E-state index in [0.717, 1.165) is 23.2 Å². The minimum Gasteiger partial charge on any atom is -0.465 e. The van der Waals surface area contributed by atoms with Crippen molar-refractivity contribution in [2.24, 2.45) is 0 Å². The molecule has 0 bridgehead atoms. The van der Waals surface area contributed by atoms with E-state index < -0.39 is 17.9 Å². The van der Waals surface area contributed by atoms with Gasteiger partial charge in [0.2, 0.25) is 0 Å². The summed E-state index contributed by atoms with van der Waals surface area (Å²) >= 11 is 0. The van der Waals surface area contributed by atoms with E-state index >= 15 is 0 Å². The molecule has 0 N–H and O–H groups in total. The van der Waals surface area contributed by atoms with Gasteiger partial charge in [0.15, 0.2) is 11.5 Å². The Morgan fingerprint density at radius 3 is 2.14 bits per heavy atom. The molecule has 1 aliphatic heterocycles. The first-order valence-corrected chi connectivity index (χ1v) is 11.8. The summed E-state index contributed by atoms with van der Waals surface area (Å²) in [5, 5.41) is 0. The van der Waals surface area contributed by atoms with Gasteiger partial charge < -0.3 is 14.2 Å². The minimum atomic E-state index is -0.653. The van der Waals surface area contributed by atoms with Crippen LogP contribution in [-0.2, 0) is 27.3 Å². The van der Waals surface area contributed by atoms with Crippen LogP contribution in [0.15, 0.2) is 66.7 Å². The molecule has 0 spiro atoms. The Balaban J connectivity index is 0.00000380. The largest absolute Gasteiger partial charge is 0.465 e. The lowest BCUT2D eigenvalue weighted by Crippen LogP contribution is -2.28. The average Bonchev–Trinajstić information content (AvgIpc) is 3.04. The Labute approximate surface area is 222 Å². The number of hydrogen-bond acceptors (Lipinski definition) is 7. The van der Waals surface area contributed by atoms with Crippen LogP contribution in [0.2, 0.25) is 0 Å². The molecule has 37 heavy (non-hydrogen) atoms. The maximum Gasteiger partial charge on any atom is 0.342 e. The van der Waals surface area contributed by atoms with Gasteiger partial charge in [0, 0.05) is 39.4 Å². The highest BCUT2D eigenvalue weighted by atomic mass is 35.5. The quantitative estimate of drug-likeness (QED) is 0.334. The Kier molecular flexibility index (Phi) is 9.44. The van der Waals surface area contributed by atoms with E-state index in [1.54, 1.807) is 6.07 Å². The predicted octanol–water partition coefficient (Wildman–Crippen LogP) is 4.94. The number of hydrogen-bond donors (Lipinski definition) is 0. The van der Waals surface area contributed by atoms with E-state index in [4.69, 9.17) is 14.2 Å². The zero-order chi connectivity index (χ0) is 25.7. The molecular weight excluding hydrogens is 494 g/mol. The lowest BCUT2D eigenvalue weighted by Gasteiger charge is -2.26. The zero-order valence-corrected chi connectivity index (χ0v) is 21.9. The molecule has 0 fully saturated rings. The van der Waals surface area contributed by atoms with Gasteiger partial charge in [-0.3, -0.25) is 14.5 Å².